The van der Waals surface area contributed by atoms with Crippen molar-refractivity contribution in [3.05, 3.63) is 35.4 Å². The van der Waals surface area contributed by atoms with E-state index in [4.69, 9.17) is 10.5 Å². The van der Waals surface area contributed by atoms with Crippen LogP contribution in [0.25, 0.3) is 0 Å². The molecule has 176 valence electrons. The molecule has 0 bridgehead atoms. The highest BCUT2D eigenvalue weighted by Crippen LogP contribution is 2.24. The van der Waals surface area contributed by atoms with Gasteiger partial charge in [-0.2, -0.15) is 0 Å². The van der Waals surface area contributed by atoms with Gasteiger partial charge >= 0.3 is 12.1 Å². The van der Waals surface area contributed by atoms with E-state index < -0.39 is 11.6 Å². The number of carboxylic acid groups (broad SMARTS) is 1. The zero-order chi connectivity index (χ0) is 23.9. The van der Waals surface area contributed by atoms with Crippen LogP contribution in [0.5, 0.6) is 0 Å². The number of carbonyl (C=O) groups excluding carboxylic acids is 1. The minimum Gasteiger partial charge on any atom is -0.478 e. The third-order valence-corrected chi connectivity index (χ3v) is 5.29. The van der Waals surface area contributed by atoms with Crippen molar-refractivity contribution in [2.45, 2.75) is 65.5 Å². The first kappa shape index (κ1) is 25.2. The number of carbonyl (C=O) groups is 2. The summed E-state index contributed by atoms with van der Waals surface area (Å²) in [6.07, 6.45) is 6.92. The number of aliphatic imine (C=N–C) groups is 1. The summed E-state index contributed by atoms with van der Waals surface area (Å²) in [4.78, 5) is 34.3. The Morgan fingerprint density at radius 3 is 2.72 bits per heavy atom. The fourth-order valence-electron chi connectivity index (χ4n) is 3.49. The number of rotatable bonds is 6. The van der Waals surface area contributed by atoms with Crippen LogP contribution in [-0.4, -0.2) is 58.0 Å². The summed E-state index contributed by atoms with van der Waals surface area (Å²) in [7, 11) is 0. The van der Waals surface area contributed by atoms with Gasteiger partial charge < -0.3 is 25.8 Å². The number of anilines is 1. The van der Waals surface area contributed by atoms with E-state index in [9.17, 15) is 14.7 Å². The van der Waals surface area contributed by atoms with E-state index in [0.29, 0.717) is 36.1 Å². The molecule has 0 spiro atoms. The molecule has 1 aromatic heterocycles. The van der Waals surface area contributed by atoms with Gasteiger partial charge in [0.15, 0.2) is 0 Å². The third-order valence-electron chi connectivity index (χ3n) is 5.29. The fourth-order valence-corrected chi connectivity index (χ4v) is 3.49. The first-order valence-corrected chi connectivity index (χ1v) is 10.9. The highest BCUT2D eigenvalue weighted by Gasteiger charge is 2.27. The van der Waals surface area contributed by atoms with E-state index in [1.807, 2.05) is 27.7 Å². The Bertz CT molecular complexity index is 871. The number of amides is 1. The van der Waals surface area contributed by atoms with E-state index in [-0.39, 0.29) is 17.7 Å². The summed E-state index contributed by atoms with van der Waals surface area (Å²) in [6.45, 7) is 10.7. The predicted octanol–water partition coefficient (Wildman–Crippen LogP) is 3.88. The molecule has 2 atom stereocenters. The Labute approximate surface area is 189 Å². The predicted molar refractivity (Wildman–Crippen MR) is 125 cm³/mol. The molecule has 1 aromatic rings. The molecule has 9 heteroatoms. The molecule has 1 aliphatic rings. The molecule has 32 heavy (non-hydrogen) atoms. The van der Waals surface area contributed by atoms with Crippen molar-refractivity contribution in [3.63, 3.8) is 0 Å². The van der Waals surface area contributed by atoms with Crippen LogP contribution >= 0.6 is 0 Å². The molecular formula is C23H35N5O4. The maximum Gasteiger partial charge on any atom is 0.410 e. The number of likely N-dealkylation sites (tertiary alicyclic amines) is 1. The first-order chi connectivity index (χ1) is 15.0. The topological polar surface area (TPSA) is 130 Å². The molecule has 0 saturated carbocycles. The third kappa shape index (κ3) is 7.55. The van der Waals surface area contributed by atoms with Gasteiger partial charge in [0, 0.05) is 31.2 Å². The van der Waals surface area contributed by atoms with Crippen LogP contribution in [0.1, 0.15) is 64.2 Å². The quantitative estimate of drug-likeness (QED) is 0.566. The van der Waals surface area contributed by atoms with Crippen molar-refractivity contribution in [3.8, 4) is 0 Å². The number of aromatic carboxylic acids is 1. The largest absolute Gasteiger partial charge is 0.478 e. The van der Waals surface area contributed by atoms with Gasteiger partial charge in [0.2, 0.25) is 0 Å². The second-order valence-electron chi connectivity index (χ2n) is 9.13. The van der Waals surface area contributed by atoms with Gasteiger partial charge in [-0.05, 0) is 65.9 Å². The van der Waals surface area contributed by atoms with Crippen molar-refractivity contribution in [2.75, 3.05) is 18.4 Å². The molecule has 1 fully saturated rings. The molecule has 2 heterocycles. The van der Waals surface area contributed by atoms with Crippen LogP contribution in [-0.2, 0) is 4.74 Å². The lowest BCUT2D eigenvalue weighted by Crippen LogP contribution is -2.37. The summed E-state index contributed by atoms with van der Waals surface area (Å²) in [5, 5.41) is 12.4. The van der Waals surface area contributed by atoms with Crippen LogP contribution in [0.2, 0.25) is 0 Å². The monoisotopic (exact) mass is 445 g/mol. The normalized spacial score (nSPS) is 19.2. The lowest BCUT2D eigenvalue weighted by molar-refractivity contribution is 0.0254. The van der Waals surface area contributed by atoms with E-state index in [1.54, 1.807) is 18.0 Å². The highest BCUT2D eigenvalue weighted by molar-refractivity contribution is 5.96. The first-order valence-electron chi connectivity index (χ1n) is 10.9. The summed E-state index contributed by atoms with van der Waals surface area (Å²) >= 11 is 0. The Hall–Kier alpha value is -3.10. The molecule has 9 nitrogen and oxygen atoms in total. The molecule has 0 aliphatic carbocycles. The van der Waals surface area contributed by atoms with E-state index in [0.717, 1.165) is 19.3 Å². The Morgan fingerprint density at radius 1 is 1.38 bits per heavy atom. The van der Waals surface area contributed by atoms with Gasteiger partial charge in [0.05, 0.1) is 29.2 Å². The Kier molecular flexibility index (Phi) is 8.63. The van der Waals surface area contributed by atoms with Crippen molar-refractivity contribution in [1.82, 2.24) is 9.88 Å². The number of allylic oxidation sites excluding steroid dienone is 2. The molecular weight excluding hydrogens is 410 g/mol. The number of hydrogen-bond donors (Lipinski definition) is 3. The molecule has 0 radical (unpaired) electrons. The van der Waals surface area contributed by atoms with Gasteiger partial charge in [0.1, 0.15) is 5.60 Å². The van der Waals surface area contributed by atoms with E-state index in [1.165, 1.54) is 18.5 Å². The lowest BCUT2D eigenvalue weighted by atomic mass is 9.94. The smallest absolute Gasteiger partial charge is 0.410 e. The van der Waals surface area contributed by atoms with Crippen LogP contribution in [0.15, 0.2) is 34.8 Å². The Morgan fingerprint density at radius 2 is 2.09 bits per heavy atom. The van der Waals surface area contributed by atoms with E-state index >= 15 is 0 Å². The summed E-state index contributed by atoms with van der Waals surface area (Å²) in [5.74, 6) is -0.742. The second kappa shape index (κ2) is 11.0. The van der Waals surface area contributed by atoms with Gasteiger partial charge in [-0.25, -0.2) is 9.59 Å². The van der Waals surface area contributed by atoms with Crippen LogP contribution < -0.4 is 11.1 Å². The summed E-state index contributed by atoms with van der Waals surface area (Å²) in [6, 6.07) is 1.44. The lowest BCUT2D eigenvalue weighted by Gasteiger charge is -2.26. The molecule has 4 N–H and O–H groups in total. The SMILES string of the molecule is C/C(N)=C(/C=N[C@H](C)C1CCCN(C(=O)OC(C)(C)C)CC1)Nc1cnccc1C(=O)O. The van der Waals surface area contributed by atoms with Crippen LogP contribution in [0.4, 0.5) is 10.5 Å². The molecule has 1 amide bonds. The second-order valence-corrected chi connectivity index (χ2v) is 9.13. The minimum atomic E-state index is -1.05. The van der Waals surface area contributed by atoms with Crippen molar-refractivity contribution < 1.29 is 19.4 Å². The Balaban J connectivity index is 2.03. The maximum absolute atomic E-state index is 12.4. The number of carboxylic acids is 1. The molecule has 0 aromatic carbocycles. The van der Waals surface area contributed by atoms with Crippen molar-refractivity contribution in [1.29, 1.82) is 0 Å². The van der Waals surface area contributed by atoms with Crippen LogP contribution in [0, 0.1) is 5.92 Å². The van der Waals surface area contributed by atoms with Crippen molar-refractivity contribution >= 4 is 24.0 Å². The minimum absolute atomic E-state index is 0.0116. The molecule has 1 unspecified atom stereocenters. The standard InChI is InChI=1S/C23H35N5O4/c1-15(24)19(27-20-13-25-10-8-18(20)21(29)30)14-26-16(2)17-7-6-11-28(12-9-17)22(31)32-23(3,4)5/h8,10,13-14,16-17,27H,6-7,9,11-12,24H2,1-5H3,(H,29,30)/b19-15+,26-14?/t16-,17?/m1/s1. The zero-order valence-electron chi connectivity index (χ0n) is 19.6. The van der Waals surface area contributed by atoms with Crippen molar-refractivity contribution in [2.24, 2.45) is 16.6 Å². The number of hydrogen-bond acceptors (Lipinski definition) is 7. The molecule has 1 aliphatic heterocycles. The highest BCUT2D eigenvalue weighted by atomic mass is 16.6. The van der Waals surface area contributed by atoms with Gasteiger partial charge in [-0.1, -0.05) is 0 Å². The summed E-state index contributed by atoms with van der Waals surface area (Å²) < 4.78 is 5.50. The number of nitrogens with zero attached hydrogens (tertiary/aromatic N) is 3. The van der Waals surface area contributed by atoms with Gasteiger partial charge in [-0.15, -0.1) is 0 Å². The average molecular weight is 446 g/mol. The summed E-state index contributed by atoms with van der Waals surface area (Å²) in [5.41, 5.74) is 6.95. The van der Waals surface area contributed by atoms with Gasteiger partial charge in [0.25, 0.3) is 0 Å². The number of nitrogens with two attached hydrogens (primary N) is 1. The fraction of sp³-hybridized carbons (Fsp3) is 0.565. The number of ether oxygens (including phenoxy) is 1. The van der Waals surface area contributed by atoms with Crippen LogP contribution in [0.3, 0.4) is 0 Å². The number of aromatic nitrogens is 1. The number of nitrogens with one attached hydrogen (secondary N) is 1. The van der Waals surface area contributed by atoms with E-state index in [2.05, 4.69) is 15.3 Å². The zero-order valence-corrected chi connectivity index (χ0v) is 19.6. The molecule has 1 saturated heterocycles. The maximum atomic E-state index is 12.4. The number of pyridine rings is 1. The molecule has 2 rings (SSSR count). The van der Waals surface area contributed by atoms with Gasteiger partial charge in [-0.3, -0.25) is 9.98 Å². The average Bonchev–Trinajstić information content (AvgIpc) is 2.96.